The number of aromatic amines is 1. The van der Waals surface area contributed by atoms with Crippen molar-refractivity contribution in [3.05, 3.63) is 41.6 Å². The zero-order valence-corrected chi connectivity index (χ0v) is 9.46. The molecule has 1 heterocycles. The van der Waals surface area contributed by atoms with Crippen molar-refractivity contribution < 1.29 is 13.2 Å². The van der Waals surface area contributed by atoms with Crippen LogP contribution in [0.5, 0.6) is 0 Å². The first-order valence-electron chi connectivity index (χ1n) is 5.42. The fourth-order valence-electron chi connectivity index (χ4n) is 1.65. The molecule has 0 aliphatic heterocycles. The van der Waals surface area contributed by atoms with Crippen molar-refractivity contribution >= 4 is 0 Å². The molecule has 1 aromatic carbocycles. The average Bonchev–Trinajstić information content (AvgIpc) is 2.77. The van der Waals surface area contributed by atoms with E-state index in [1.807, 2.05) is 0 Å². The molecule has 6 heteroatoms. The van der Waals surface area contributed by atoms with E-state index in [9.17, 15) is 13.2 Å². The maximum atomic E-state index is 12.6. The minimum atomic E-state index is -4.34. The van der Waals surface area contributed by atoms with E-state index in [0.29, 0.717) is 24.2 Å². The number of halogens is 3. The van der Waals surface area contributed by atoms with Crippen molar-refractivity contribution in [3.63, 3.8) is 0 Å². The molecule has 0 bridgehead atoms. The molecular weight excluding hydrogens is 243 g/mol. The normalized spacial score (nSPS) is 11.8. The zero-order chi connectivity index (χ0) is 13.2. The van der Waals surface area contributed by atoms with Crippen LogP contribution in [0.15, 0.2) is 30.3 Å². The topological polar surface area (TPSA) is 54.7 Å². The Balaban J connectivity index is 2.32. The van der Waals surface area contributed by atoms with Gasteiger partial charge in [0.15, 0.2) is 0 Å². The predicted octanol–water partition coefficient (Wildman–Crippen LogP) is 2.60. The fourth-order valence-corrected chi connectivity index (χ4v) is 1.65. The smallest absolute Gasteiger partial charge is 0.330 e. The Kier molecular flexibility index (Phi) is 3.38. The van der Waals surface area contributed by atoms with Gasteiger partial charge in [-0.15, -0.1) is 0 Å². The van der Waals surface area contributed by atoms with Crippen LogP contribution in [0.25, 0.3) is 11.3 Å². The van der Waals surface area contributed by atoms with Crippen LogP contribution in [0.2, 0.25) is 0 Å². The maximum Gasteiger partial charge on any atom is 0.416 e. The molecule has 2 aromatic rings. The molecule has 3 N–H and O–H groups in total. The lowest BCUT2D eigenvalue weighted by Crippen LogP contribution is -2.04. The van der Waals surface area contributed by atoms with E-state index in [-0.39, 0.29) is 0 Å². The first-order chi connectivity index (χ1) is 8.50. The highest BCUT2D eigenvalue weighted by atomic mass is 19.4. The molecule has 0 amide bonds. The van der Waals surface area contributed by atoms with Crippen molar-refractivity contribution in [3.8, 4) is 11.3 Å². The van der Waals surface area contributed by atoms with Crippen molar-refractivity contribution in [1.82, 2.24) is 10.2 Å². The van der Waals surface area contributed by atoms with Gasteiger partial charge in [-0.2, -0.15) is 18.3 Å². The third-order valence-corrected chi connectivity index (χ3v) is 2.53. The van der Waals surface area contributed by atoms with E-state index in [2.05, 4.69) is 10.2 Å². The third-order valence-electron chi connectivity index (χ3n) is 2.53. The lowest BCUT2D eigenvalue weighted by atomic mass is 10.1. The number of nitrogens with one attached hydrogen (secondary N) is 1. The van der Waals surface area contributed by atoms with E-state index >= 15 is 0 Å². The molecule has 1 aromatic heterocycles. The summed E-state index contributed by atoms with van der Waals surface area (Å²) in [6.45, 7) is 0.463. The lowest BCUT2D eigenvalue weighted by Gasteiger charge is -2.07. The summed E-state index contributed by atoms with van der Waals surface area (Å²) in [5.41, 5.74) is 6.45. The van der Waals surface area contributed by atoms with Crippen LogP contribution in [0.1, 0.15) is 11.3 Å². The number of rotatable bonds is 3. The standard InChI is InChI=1S/C12H12F3N3/c13-12(14,15)9-3-1-2-8(6-9)11-7-10(4-5-16)17-18-11/h1-3,6-7H,4-5,16H2,(H,17,18). The molecule has 0 radical (unpaired) electrons. The second kappa shape index (κ2) is 4.81. The van der Waals surface area contributed by atoms with Crippen LogP contribution in [-0.4, -0.2) is 16.7 Å². The largest absolute Gasteiger partial charge is 0.416 e. The summed E-state index contributed by atoms with van der Waals surface area (Å²) in [6, 6.07) is 6.80. The number of alkyl halides is 3. The summed E-state index contributed by atoms with van der Waals surface area (Å²) in [6.07, 6.45) is -3.72. The Bertz CT molecular complexity index is 531. The number of nitrogens with zero attached hydrogens (tertiary/aromatic N) is 1. The number of nitrogens with two attached hydrogens (primary N) is 1. The van der Waals surface area contributed by atoms with E-state index in [1.165, 1.54) is 6.07 Å². The van der Waals surface area contributed by atoms with Gasteiger partial charge in [0.05, 0.1) is 11.3 Å². The lowest BCUT2D eigenvalue weighted by molar-refractivity contribution is -0.137. The number of benzene rings is 1. The fraction of sp³-hybridized carbons (Fsp3) is 0.250. The van der Waals surface area contributed by atoms with E-state index in [0.717, 1.165) is 17.8 Å². The Morgan fingerprint density at radius 3 is 2.67 bits per heavy atom. The molecule has 0 saturated heterocycles. The Labute approximate surface area is 102 Å². The average molecular weight is 255 g/mol. The van der Waals surface area contributed by atoms with Gasteiger partial charge in [0, 0.05) is 17.7 Å². The minimum absolute atomic E-state index is 0.435. The second-order valence-corrected chi connectivity index (χ2v) is 3.90. The summed E-state index contributed by atoms with van der Waals surface area (Å²) < 4.78 is 37.7. The molecule has 0 unspecified atom stereocenters. The van der Waals surface area contributed by atoms with Gasteiger partial charge < -0.3 is 5.73 Å². The van der Waals surface area contributed by atoms with Gasteiger partial charge in [0.1, 0.15) is 0 Å². The van der Waals surface area contributed by atoms with Gasteiger partial charge in [0.25, 0.3) is 0 Å². The maximum absolute atomic E-state index is 12.6. The first-order valence-corrected chi connectivity index (χ1v) is 5.42. The highest BCUT2D eigenvalue weighted by molar-refractivity contribution is 5.60. The summed E-state index contributed by atoms with van der Waals surface area (Å²) in [7, 11) is 0. The molecule has 0 fully saturated rings. The highest BCUT2D eigenvalue weighted by Gasteiger charge is 2.30. The second-order valence-electron chi connectivity index (χ2n) is 3.90. The molecule has 96 valence electrons. The summed E-state index contributed by atoms with van der Waals surface area (Å²) in [4.78, 5) is 0. The Hall–Kier alpha value is -1.82. The molecule has 0 saturated carbocycles. The van der Waals surface area contributed by atoms with Crippen molar-refractivity contribution in [2.75, 3.05) is 6.54 Å². The summed E-state index contributed by atoms with van der Waals surface area (Å²) in [5, 5.41) is 6.73. The zero-order valence-electron chi connectivity index (χ0n) is 9.46. The molecule has 18 heavy (non-hydrogen) atoms. The molecule has 3 nitrogen and oxygen atoms in total. The monoisotopic (exact) mass is 255 g/mol. The van der Waals surface area contributed by atoms with Gasteiger partial charge in [0.2, 0.25) is 0 Å². The first kappa shape index (κ1) is 12.6. The van der Waals surface area contributed by atoms with Crippen LogP contribution in [-0.2, 0) is 12.6 Å². The van der Waals surface area contributed by atoms with Crippen LogP contribution < -0.4 is 5.73 Å². The van der Waals surface area contributed by atoms with E-state index in [4.69, 9.17) is 5.73 Å². The highest BCUT2D eigenvalue weighted by Crippen LogP contribution is 2.31. The van der Waals surface area contributed by atoms with Crippen LogP contribution in [0.4, 0.5) is 13.2 Å². The molecule has 0 aliphatic carbocycles. The molecule has 0 aliphatic rings. The van der Waals surface area contributed by atoms with Gasteiger partial charge in [-0.05, 0) is 24.7 Å². The summed E-state index contributed by atoms with van der Waals surface area (Å²) >= 11 is 0. The van der Waals surface area contributed by atoms with Gasteiger partial charge in [-0.25, -0.2) is 0 Å². The van der Waals surface area contributed by atoms with Crippen molar-refractivity contribution in [2.45, 2.75) is 12.6 Å². The number of hydrogen-bond acceptors (Lipinski definition) is 2. The predicted molar refractivity (Wildman–Crippen MR) is 61.8 cm³/mol. The van der Waals surface area contributed by atoms with Gasteiger partial charge in [-0.3, -0.25) is 5.10 Å². The molecular formula is C12H12F3N3. The Morgan fingerprint density at radius 2 is 2.00 bits per heavy atom. The van der Waals surface area contributed by atoms with Crippen LogP contribution >= 0.6 is 0 Å². The number of hydrogen-bond donors (Lipinski definition) is 2. The van der Waals surface area contributed by atoms with E-state index in [1.54, 1.807) is 12.1 Å². The number of H-pyrrole nitrogens is 1. The van der Waals surface area contributed by atoms with Gasteiger partial charge in [-0.1, -0.05) is 12.1 Å². The molecule has 0 atom stereocenters. The minimum Gasteiger partial charge on any atom is -0.330 e. The quantitative estimate of drug-likeness (QED) is 0.885. The molecule has 0 spiro atoms. The van der Waals surface area contributed by atoms with Crippen molar-refractivity contribution in [1.29, 1.82) is 0 Å². The molecule has 2 rings (SSSR count). The SMILES string of the molecule is NCCc1cc(-c2cccc(C(F)(F)F)c2)n[nH]1. The van der Waals surface area contributed by atoms with Crippen LogP contribution in [0, 0.1) is 0 Å². The number of aromatic nitrogens is 2. The van der Waals surface area contributed by atoms with Gasteiger partial charge >= 0.3 is 6.18 Å². The van der Waals surface area contributed by atoms with Crippen LogP contribution in [0.3, 0.4) is 0 Å². The Morgan fingerprint density at radius 1 is 1.22 bits per heavy atom. The third kappa shape index (κ3) is 2.70. The van der Waals surface area contributed by atoms with Crippen molar-refractivity contribution in [2.24, 2.45) is 5.73 Å². The van der Waals surface area contributed by atoms with E-state index < -0.39 is 11.7 Å². The summed E-state index contributed by atoms with van der Waals surface area (Å²) in [5.74, 6) is 0.